The van der Waals surface area contributed by atoms with Crippen molar-refractivity contribution in [2.75, 3.05) is 0 Å². The molecule has 2 saturated carbocycles. The summed E-state index contributed by atoms with van der Waals surface area (Å²) in [5.74, 6) is 3.12. The number of aromatic hydroxyl groups is 2. The summed E-state index contributed by atoms with van der Waals surface area (Å²) in [6.07, 6.45) is 11.0. The lowest BCUT2D eigenvalue weighted by Crippen LogP contribution is -1.99. The van der Waals surface area contributed by atoms with Crippen LogP contribution in [-0.2, 0) is 0 Å². The maximum absolute atomic E-state index is 10.6. The largest absolute Gasteiger partial charge is 0.507 e. The molecule has 4 atom stereocenters. The van der Waals surface area contributed by atoms with Gasteiger partial charge in [-0.05, 0) is 121 Å². The fourth-order valence-electron chi connectivity index (χ4n) is 6.95. The first-order chi connectivity index (χ1) is 16.6. The molecule has 0 spiro atoms. The summed E-state index contributed by atoms with van der Waals surface area (Å²) in [6.45, 7) is 0. The molecule has 0 heterocycles. The smallest absolute Gasteiger partial charge is 0.124 e. The number of phenolic OH excluding ortho intramolecular Hbond substituents is 2. The number of aliphatic imine (C=N–C) groups is 2. The van der Waals surface area contributed by atoms with E-state index in [9.17, 15) is 10.2 Å². The van der Waals surface area contributed by atoms with Gasteiger partial charge in [0.2, 0.25) is 0 Å². The third-order valence-electron chi connectivity index (χ3n) is 8.66. The molecule has 4 aliphatic rings. The molecular formula is C30H28N2O2. The zero-order valence-electron chi connectivity index (χ0n) is 19.1. The second-order valence-corrected chi connectivity index (χ2v) is 10.5. The Balaban J connectivity index is 1.18. The number of hydrogen-bond donors (Lipinski definition) is 2. The summed E-state index contributed by atoms with van der Waals surface area (Å²) in [6, 6.07) is 15.9. The van der Waals surface area contributed by atoms with E-state index in [4.69, 9.17) is 0 Å². The van der Waals surface area contributed by atoms with Crippen molar-refractivity contribution in [3.63, 3.8) is 0 Å². The van der Waals surface area contributed by atoms with Crippen molar-refractivity contribution < 1.29 is 10.2 Å². The van der Waals surface area contributed by atoms with Gasteiger partial charge >= 0.3 is 0 Å². The fraction of sp³-hybridized carbons (Fsp3) is 0.333. The first kappa shape index (κ1) is 20.0. The number of fused-ring (bicyclic) bond motifs is 10. The molecule has 34 heavy (non-hydrogen) atoms. The molecule has 0 radical (unpaired) electrons. The van der Waals surface area contributed by atoms with Gasteiger partial charge in [-0.15, -0.1) is 0 Å². The SMILES string of the molecule is Oc1cc2c(cc1/C=N/c1ccccc1/N=C/c1cc3c(cc1O)C1CCC3C1)C1CCC2C1. The molecule has 4 aliphatic carbocycles. The van der Waals surface area contributed by atoms with Crippen LogP contribution in [0.4, 0.5) is 11.4 Å². The minimum absolute atomic E-state index is 0.299. The predicted molar refractivity (Wildman–Crippen MR) is 136 cm³/mol. The minimum atomic E-state index is 0.299. The lowest BCUT2D eigenvalue weighted by molar-refractivity contribution is 0.472. The van der Waals surface area contributed by atoms with E-state index in [0.717, 1.165) is 22.5 Å². The van der Waals surface area contributed by atoms with Gasteiger partial charge in [0.15, 0.2) is 0 Å². The minimum Gasteiger partial charge on any atom is -0.507 e. The van der Waals surface area contributed by atoms with E-state index in [1.54, 1.807) is 12.4 Å². The predicted octanol–water partition coefficient (Wildman–Crippen LogP) is 7.33. The monoisotopic (exact) mass is 448 g/mol. The Kier molecular flexibility index (Phi) is 4.45. The summed E-state index contributed by atoms with van der Waals surface area (Å²) < 4.78 is 0. The number of nitrogens with zero attached hydrogens (tertiary/aromatic N) is 2. The van der Waals surface area contributed by atoms with Crippen LogP contribution in [-0.4, -0.2) is 22.6 Å². The quantitative estimate of drug-likeness (QED) is 0.410. The summed E-state index contributed by atoms with van der Waals surface area (Å²) >= 11 is 0. The van der Waals surface area contributed by atoms with Crippen LogP contribution in [0.15, 0.2) is 58.5 Å². The summed E-state index contributed by atoms with van der Waals surface area (Å²) in [4.78, 5) is 9.37. The molecule has 4 bridgehead atoms. The summed E-state index contributed by atoms with van der Waals surface area (Å²) in [5.41, 5.74) is 8.44. The number of phenols is 2. The van der Waals surface area contributed by atoms with Crippen LogP contribution >= 0.6 is 0 Å². The van der Waals surface area contributed by atoms with Gasteiger partial charge in [0.05, 0.1) is 11.4 Å². The second-order valence-electron chi connectivity index (χ2n) is 10.5. The van der Waals surface area contributed by atoms with Crippen LogP contribution in [0.2, 0.25) is 0 Å². The van der Waals surface area contributed by atoms with E-state index in [1.807, 2.05) is 36.4 Å². The van der Waals surface area contributed by atoms with Crippen LogP contribution in [0.25, 0.3) is 0 Å². The second kappa shape index (κ2) is 7.56. The number of rotatable bonds is 4. The number of hydrogen-bond acceptors (Lipinski definition) is 4. The first-order valence-electron chi connectivity index (χ1n) is 12.5. The van der Waals surface area contributed by atoms with E-state index in [2.05, 4.69) is 22.1 Å². The molecule has 170 valence electrons. The van der Waals surface area contributed by atoms with Crippen molar-refractivity contribution in [1.82, 2.24) is 0 Å². The van der Waals surface area contributed by atoms with Crippen molar-refractivity contribution >= 4 is 23.8 Å². The molecule has 2 fully saturated rings. The summed E-state index contributed by atoms with van der Waals surface area (Å²) in [5, 5.41) is 21.2. The topological polar surface area (TPSA) is 65.2 Å². The molecule has 4 heteroatoms. The molecule has 0 aliphatic heterocycles. The highest BCUT2D eigenvalue weighted by Gasteiger charge is 2.38. The highest BCUT2D eigenvalue weighted by molar-refractivity contribution is 5.90. The van der Waals surface area contributed by atoms with Gasteiger partial charge in [0, 0.05) is 23.6 Å². The lowest BCUT2D eigenvalue weighted by Gasteiger charge is -2.16. The van der Waals surface area contributed by atoms with E-state index < -0.39 is 0 Å². The Hall–Kier alpha value is -3.40. The molecule has 4 nitrogen and oxygen atoms in total. The van der Waals surface area contributed by atoms with Gasteiger partial charge < -0.3 is 10.2 Å². The van der Waals surface area contributed by atoms with Gasteiger partial charge in [-0.3, -0.25) is 9.98 Å². The van der Waals surface area contributed by atoms with Crippen molar-refractivity contribution in [1.29, 1.82) is 0 Å². The van der Waals surface area contributed by atoms with Gasteiger partial charge in [0.1, 0.15) is 11.5 Å². The standard InChI is InChI=1S/C30H28N2O2/c33-29-13-25-19-7-5-17(9-19)23(25)11-21(29)15-31-27-3-1-2-4-28(27)32-16-22-12-24-18-6-8-20(10-18)26(24)14-30(22)34/h1-4,11-20,33-34H,5-10H2/b31-15+,32-16+. The Bertz CT molecular complexity index is 1270. The number of benzene rings is 3. The average Bonchev–Trinajstić information content (AvgIpc) is 3.63. The molecule has 3 aromatic carbocycles. The molecule has 0 aromatic heterocycles. The average molecular weight is 449 g/mol. The lowest BCUT2D eigenvalue weighted by atomic mass is 9.90. The highest BCUT2D eigenvalue weighted by Crippen LogP contribution is 2.55. The Morgan fingerprint density at radius 2 is 0.971 bits per heavy atom. The van der Waals surface area contributed by atoms with Crippen LogP contribution < -0.4 is 0 Å². The Labute approximate surface area is 199 Å². The third kappa shape index (κ3) is 3.12. The van der Waals surface area contributed by atoms with Crippen molar-refractivity contribution in [3.05, 3.63) is 81.9 Å². The van der Waals surface area contributed by atoms with E-state index >= 15 is 0 Å². The molecule has 3 aromatic rings. The van der Waals surface area contributed by atoms with Crippen molar-refractivity contribution in [2.24, 2.45) is 9.98 Å². The molecule has 0 amide bonds. The zero-order chi connectivity index (χ0) is 22.8. The fourth-order valence-corrected chi connectivity index (χ4v) is 6.95. The maximum Gasteiger partial charge on any atom is 0.124 e. The van der Waals surface area contributed by atoms with E-state index in [-0.39, 0.29) is 0 Å². The van der Waals surface area contributed by atoms with Crippen LogP contribution in [0, 0.1) is 0 Å². The van der Waals surface area contributed by atoms with Gasteiger partial charge in [-0.1, -0.05) is 12.1 Å². The Morgan fingerprint density at radius 3 is 1.38 bits per heavy atom. The maximum atomic E-state index is 10.6. The van der Waals surface area contributed by atoms with E-state index in [0.29, 0.717) is 35.2 Å². The van der Waals surface area contributed by atoms with Crippen LogP contribution in [0.5, 0.6) is 11.5 Å². The molecule has 2 N–H and O–H groups in total. The van der Waals surface area contributed by atoms with Gasteiger partial charge in [-0.25, -0.2) is 0 Å². The molecule has 0 saturated heterocycles. The van der Waals surface area contributed by atoms with Crippen molar-refractivity contribution in [2.45, 2.75) is 62.2 Å². The molecular weight excluding hydrogens is 420 g/mol. The third-order valence-corrected chi connectivity index (χ3v) is 8.66. The first-order valence-corrected chi connectivity index (χ1v) is 12.5. The number of para-hydroxylation sites is 2. The van der Waals surface area contributed by atoms with Gasteiger partial charge in [-0.2, -0.15) is 0 Å². The highest BCUT2D eigenvalue weighted by atomic mass is 16.3. The van der Waals surface area contributed by atoms with E-state index in [1.165, 1.54) is 60.8 Å². The van der Waals surface area contributed by atoms with Crippen LogP contribution in [0.1, 0.15) is 95.6 Å². The zero-order valence-corrected chi connectivity index (χ0v) is 19.1. The summed E-state index contributed by atoms with van der Waals surface area (Å²) in [7, 11) is 0. The normalized spacial score (nSPS) is 26.1. The van der Waals surface area contributed by atoms with Gasteiger partial charge in [0.25, 0.3) is 0 Å². The Morgan fingerprint density at radius 1 is 0.588 bits per heavy atom. The molecule has 7 rings (SSSR count). The molecule has 4 unspecified atom stereocenters. The van der Waals surface area contributed by atoms with Crippen LogP contribution in [0.3, 0.4) is 0 Å². The van der Waals surface area contributed by atoms with Crippen molar-refractivity contribution in [3.8, 4) is 11.5 Å².